The summed E-state index contributed by atoms with van der Waals surface area (Å²) in [5.74, 6) is 1.51. The van der Waals surface area contributed by atoms with Gasteiger partial charge in [-0.15, -0.1) is 0 Å². The normalized spacial score (nSPS) is 14.7. The first-order chi connectivity index (χ1) is 17.2. The van der Waals surface area contributed by atoms with Gasteiger partial charge in [-0.3, -0.25) is 9.36 Å². The number of aryl methyl sites for hydroxylation is 1. The van der Waals surface area contributed by atoms with Gasteiger partial charge in [0.1, 0.15) is 5.75 Å². The Labute approximate surface area is 215 Å². The minimum atomic E-state index is -0.284. The van der Waals surface area contributed by atoms with Crippen LogP contribution in [0.2, 0.25) is 0 Å². The number of rotatable bonds is 6. The lowest BCUT2D eigenvalue weighted by Crippen LogP contribution is -2.33. The largest absolute Gasteiger partial charge is 0.491 e. The van der Waals surface area contributed by atoms with Crippen molar-refractivity contribution in [3.8, 4) is 11.4 Å². The molecule has 1 aliphatic rings. The minimum absolute atomic E-state index is 0.118. The zero-order valence-corrected chi connectivity index (χ0v) is 22.2. The summed E-state index contributed by atoms with van der Waals surface area (Å²) in [5, 5.41) is 1.13. The number of hydrogen-bond donors (Lipinski definition) is 0. The van der Waals surface area contributed by atoms with Gasteiger partial charge in [-0.1, -0.05) is 41.6 Å². The lowest BCUT2D eigenvalue weighted by molar-refractivity contribution is -0.0411. The molecule has 36 heavy (non-hydrogen) atoms. The van der Waals surface area contributed by atoms with E-state index in [4.69, 9.17) is 19.4 Å². The molecule has 0 spiro atoms. The maximum Gasteiger partial charge on any atom is 0.268 e. The first-order valence-electron chi connectivity index (χ1n) is 12.2. The van der Waals surface area contributed by atoms with E-state index in [1.54, 1.807) is 4.57 Å². The molecule has 0 radical (unpaired) electrons. The highest BCUT2D eigenvalue weighted by Gasteiger charge is 2.28. The Kier molecular flexibility index (Phi) is 6.62. The molecule has 0 saturated heterocycles. The molecule has 186 valence electrons. The van der Waals surface area contributed by atoms with Crippen LogP contribution in [0.15, 0.2) is 64.5 Å². The molecule has 0 saturated carbocycles. The molecule has 2 aromatic carbocycles. The molecule has 5 rings (SSSR count). The van der Waals surface area contributed by atoms with Gasteiger partial charge in [0.2, 0.25) is 0 Å². The summed E-state index contributed by atoms with van der Waals surface area (Å²) in [6.07, 6.45) is 0.820. The number of pyridine rings is 1. The molecule has 0 amide bonds. The van der Waals surface area contributed by atoms with Crippen LogP contribution in [0.25, 0.3) is 16.7 Å². The van der Waals surface area contributed by atoms with Crippen molar-refractivity contribution in [3.63, 3.8) is 0 Å². The van der Waals surface area contributed by atoms with Gasteiger partial charge < -0.3 is 9.47 Å². The number of benzene rings is 2. The third kappa shape index (κ3) is 5.18. The van der Waals surface area contributed by atoms with Gasteiger partial charge in [-0.05, 0) is 70.5 Å². The maximum absolute atomic E-state index is 13.8. The van der Waals surface area contributed by atoms with E-state index in [2.05, 4.69) is 26.0 Å². The molecule has 0 bridgehead atoms. The van der Waals surface area contributed by atoms with Crippen molar-refractivity contribution in [1.82, 2.24) is 14.5 Å². The van der Waals surface area contributed by atoms with Gasteiger partial charge in [0.15, 0.2) is 10.8 Å². The zero-order valence-electron chi connectivity index (χ0n) is 21.4. The SMILES string of the molecule is Cc1ccc(-n2c(SCc3ccc(OC(C)C)cc3)nc3nc4c(cc3c2=O)COC(C)(C)C4)cc1. The average Bonchev–Trinajstić information content (AvgIpc) is 2.83. The predicted molar refractivity (Wildman–Crippen MR) is 144 cm³/mol. The molecule has 3 heterocycles. The monoisotopic (exact) mass is 501 g/mol. The van der Waals surface area contributed by atoms with E-state index in [0.29, 0.717) is 35.0 Å². The first kappa shape index (κ1) is 24.5. The maximum atomic E-state index is 13.8. The third-order valence-corrected chi connectivity index (χ3v) is 7.17. The Bertz CT molecular complexity index is 1460. The summed E-state index contributed by atoms with van der Waals surface area (Å²) >= 11 is 1.53. The smallest absolute Gasteiger partial charge is 0.268 e. The molecule has 4 aromatic rings. The Balaban J connectivity index is 1.56. The summed E-state index contributed by atoms with van der Waals surface area (Å²) in [4.78, 5) is 23.6. The van der Waals surface area contributed by atoms with Gasteiger partial charge in [-0.25, -0.2) is 9.97 Å². The summed E-state index contributed by atoms with van der Waals surface area (Å²) in [6.45, 7) is 10.6. The zero-order chi connectivity index (χ0) is 25.4. The highest BCUT2D eigenvalue weighted by Crippen LogP contribution is 2.30. The number of nitrogens with zero attached hydrogens (tertiary/aromatic N) is 3. The van der Waals surface area contributed by atoms with Crippen molar-refractivity contribution in [2.45, 2.75) is 70.3 Å². The van der Waals surface area contributed by atoms with Crippen LogP contribution in [0.3, 0.4) is 0 Å². The standard InChI is InChI=1S/C29H31N3O3S/c1-18(2)35-23-12-8-20(9-13-23)17-36-28-31-26-24(14-21-16-34-29(4,5)15-25(21)30-26)27(33)32(28)22-10-6-19(3)7-11-22/h6-14,18H,15-17H2,1-5H3. The van der Waals surface area contributed by atoms with E-state index >= 15 is 0 Å². The second kappa shape index (κ2) is 9.71. The fraction of sp³-hybridized carbons (Fsp3) is 0.345. The molecular weight excluding hydrogens is 470 g/mol. The molecule has 1 aliphatic heterocycles. The average molecular weight is 502 g/mol. The quantitative estimate of drug-likeness (QED) is 0.238. The Morgan fingerprint density at radius 3 is 2.50 bits per heavy atom. The Hall–Kier alpha value is -3.16. The van der Waals surface area contributed by atoms with Gasteiger partial charge in [0, 0.05) is 17.7 Å². The first-order valence-corrected chi connectivity index (χ1v) is 13.2. The molecule has 0 atom stereocenters. The van der Waals surface area contributed by atoms with Crippen LogP contribution in [0.4, 0.5) is 0 Å². The highest BCUT2D eigenvalue weighted by molar-refractivity contribution is 7.98. The second-order valence-electron chi connectivity index (χ2n) is 10.2. The minimum Gasteiger partial charge on any atom is -0.491 e. The molecule has 0 fully saturated rings. The van der Waals surface area contributed by atoms with E-state index < -0.39 is 0 Å². The van der Waals surface area contributed by atoms with Crippen LogP contribution in [0, 0.1) is 6.92 Å². The summed E-state index contributed by atoms with van der Waals surface area (Å²) in [7, 11) is 0. The number of fused-ring (bicyclic) bond motifs is 2. The summed E-state index contributed by atoms with van der Waals surface area (Å²) in [5.41, 5.74) is 5.05. The van der Waals surface area contributed by atoms with Crippen molar-refractivity contribution in [2.75, 3.05) is 0 Å². The molecule has 6 nitrogen and oxygen atoms in total. The van der Waals surface area contributed by atoms with Crippen LogP contribution in [-0.4, -0.2) is 26.2 Å². The van der Waals surface area contributed by atoms with Crippen molar-refractivity contribution < 1.29 is 9.47 Å². The third-order valence-electron chi connectivity index (χ3n) is 6.16. The summed E-state index contributed by atoms with van der Waals surface area (Å²) < 4.78 is 13.4. The molecule has 7 heteroatoms. The van der Waals surface area contributed by atoms with Crippen LogP contribution in [0.5, 0.6) is 5.75 Å². The predicted octanol–water partition coefficient (Wildman–Crippen LogP) is 6.02. The Morgan fingerprint density at radius 2 is 1.81 bits per heavy atom. The van der Waals surface area contributed by atoms with E-state index in [-0.39, 0.29) is 17.3 Å². The summed E-state index contributed by atoms with van der Waals surface area (Å²) in [6, 6.07) is 17.9. The highest BCUT2D eigenvalue weighted by atomic mass is 32.2. The van der Waals surface area contributed by atoms with Crippen LogP contribution < -0.4 is 10.3 Å². The van der Waals surface area contributed by atoms with Gasteiger partial charge >= 0.3 is 0 Å². The van der Waals surface area contributed by atoms with Gasteiger partial charge in [0.25, 0.3) is 5.56 Å². The molecule has 0 unspecified atom stereocenters. The van der Waals surface area contributed by atoms with E-state index in [1.165, 1.54) is 11.8 Å². The second-order valence-corrected chi connectivity index (χ2v) is 11.1. The van der Waals surface area contributed by atoms with Crippen molar-refractivity contribution in [1.29, 1.82) is 0 Å². The topological polar surface area (TPSA) is 66.2 Å². The van der Waals surface area contributed by atoms with Crippen molar-refractivity contribution >= 4 is 22.8 Å². The lowest BCUT2D eigenvalue weighted by Gasteiger charge is -2.31. The van der Waals surface area contributed by atoms with Crippen molar-refractivity contribution in [3.05, 3.63) is 87.3 Å². The number of thioether (sulfide) groups is 1. The van der Waals surface area contributed by atoms with E-state index in [9.17, 15) is 4.79 Å². The van der Waals surface area contributed by atoms with E-state index in [1.807, 2.05) is 63.2 Å². The van der Waals surface area contributed by atoms with Crippen LogP contribution >= 0.6 is 11.8 Å². The number of hydrogen-bond acceptors (Lipinski definition) is 6. The van der Waals surface area contributed by atoms with Crippen LogP contribution in [-0.2, 0) is 23.5 Å². The molecule has 0 aliphatic carbocycles. The van der Waals surface area contributed by atoms with Gasteiger partial charge in [0.05, 0.1) is 35.1 Å². The lowest BCUT2D eigenvalue weighted by atomic mass is 9.95. The fourth-order valence-electron chi connectivity index (χ4n) is 4.28. The molecule has 2 aromatic heterocycles. The molecule has 0 N–H and O–H groups in total. The fourth-order valence-corrected chi connectivity index (χ4v) is 5.24. The van der Waals surface area contributed by atoms with E-state index in [0.717, 1.165) is 33.8 Å². The van der Waals surface area contributed by atoms with Crippen LogP contribution in [0.1, 0.15) is 50.1 Å². The molecular formula is C29H31N3O3S. The number of aromatic nitrogens is 3. The number of ether oxygens (including phenoxy) is 2. The Morgan fingerprint density at radius 1 is 1.08 bits per heavy atom. The van der Waals surface area contributed by atoms with Crippen molar-refractivity contribution in [2.24, 2.45) is 0 Å². The van der Waals surface area contributed by atoms with Gasteiger partial charge in [-0.2, -0.15) is 0 Å².